The molecule has 1 amide bonds. The van der Waals surface area contributed by atoms with Crippen molar-refractivity contribution in [3.8, 4) is 23.0 Å². The summed E-state index contributed by atoms with van der Waals surface area (Å²) in [4.78, 5) is 22.9. The summed E-state index contributed by atoms with van der Waals surface area (Å²) >= 11 is 0. The van der Waals surface area contributed by atoms with Crippen molar-refractivity contribution in [1.82, 2.24) is 15.1 Å². The first-order valence-corrected chi connectivity index (χ1v) is 8.47. The lowest BCUT2D eigenvalue weighted by Crippen LogP contribution is -2.24. The lowest BCUT2D eigenvalue weighted by atomic mass is 10.1. The first kappa shape index (κ1) is 17.0. The fraction of sp³-hybridized carbons (Fsp3) is 0.263. The molecule has 8 heteroatoms. The number of amides is 1. The first-order chi connectivity index (χ1) is 13.2. The molecule has 0 N–H and O–H groups in total. The summed E-state index contributed by atoms with van der Waals surface area (Å²) in [6.07, 6.45) is 1.97. The number of benzene rings is 1. The number of rotatable bonds is 5. The summed E-state index contributed by atoms with van der Waals surface area (Å²) in [5.41, 5.74) is 1.37. The van der Waals surface area contributed by atoms with E-state index >= 15 is 0 Å². The second-order valence-electron chi connectivity index (χ2n) is 6.12. The molecule has 8 nitrogen and oxygen atoms in total. The van der Waals surface area contributed by atoms with Crippen molar-refractivity contribution < 1.29 is 18.8 Å². The minimum Gasteiger partial charge on any atom is -0.493 e. The Kier molecular flexibility index (Phi) is 4.45. The zero-order chi connectivity index (χ0) is 18.8. The Morgan fingerprint density at radius 3 is 2.74 bits per heavy atom. The van der Waals surface area contributed by atoms with E-state index in [2.05, 4.69) is 15.1 Å². The number of hydrogen-bond donors (Lipinski definition) is 0. The molecule has 27 heavy (non-hydrogen) atoms. The molecule has 2 aromatic heterocycles. The molecule has 1 atom stereocenters. The van der Waals surface area contributed by atoms with E-state index in [0.717, 1.165) is 5.69 Å². The van der Waals surface area contributed by atoms with Gasteiger partial charge in [-0.2, -0.15) is 4.98 Å². The molecule has 1 aromatic carbocycles. The van der Waals surface area contributed by atoms with Crippen LogP contribution in [0.3, 0.4) is 0 Å². The molecule has 0 bridgehead atoms. The van der Waals surface area contributed by atoms with Crippen molar-refractivity contribution in [1.29, 1.82) is 0 Å². The maximum absolute atomic E-state index is 12.5. The molecule has 3 aromatic rings. The third-order valence-corrected chi connectivity index (χ3v) is 4.49. The Bertz CT molecular complexity index is 957. The number of hydrogen-bond acceptors (Lipinski definition) is 7. The molecule has 1 aliphatic heterocycles. The summed E-state index contributed by atoms with van der Waals surface area (Å²) in [6, 6.07) is 10.9. The highest BCUT2D eigenvalue weighted by atomic mass is 16.5. The predicted molar refractivity (Wildman–Crippen MR) is 96.8 cm³/mol. The summed E-state index contributed by atoms with van der Waals surface area (Å²) in [5, 5.41) is 3.99. The normalized spacial score (nSPS) is 16.6. The van der Waals surface area contributed by atoms with Gasteiger partial charge in [0, 0.05) is 30.9 Å². The van der Waals surface area contributed by atoms with Crippen molar-refractivity contribution in [2.45, 2.75) is 12.3 Å². The number of methoxy groups -OCH3 is 2. The van der Waals surface area contributed by atoms with Crippen LogP contribution in [0.15, 0.2) is 47.1 Å². The van der Waals surface area contributed by atoms with Crippen LogP contribution in [0.4, 0.5) is 5.69 Å². The molecule has 1 aliphatic rings. The average molecular weight is 366 g/mol. The lowest BCUT2D eigenvalue weighted by Gasteiger charge is -2.18. The molecule has 0 spiro atoms. The van der Waals surface area contributed by atoms with Gasteiger partial charge in [0.1, 0.15) is 5.69 Å². The van der Waals surface area contributed by atoms with Gasteiger partial charge in [0.2, 0.25) is 17.6 Å². The highest BCUT2D eigenvalue weighted by molar-refractivity contribution is 5.96. The van der Waals surface area contributed by atoms with Crippen LogP contribution in [0.1, 0.15) is 18.2 Å². The van der Waals surface area contributed by atoms with Crippen molar-refractivity contribution in [3.63, 3.8) is 0 Å². The summed E-state index contributed by atoms with van der Waals surface area (Å²) < 4.78 is 16.0. The van der Waals surface area contributed by atoms with E-state index in [9.17, 15) is 4.79 Å². The van der Waals surface area contributed by atoms with Crippen molar-refractivity contribution >= 4 is 11.6 Å². The van der Waals surface area contributed by atoms with Crippen LogP contribution in [-0.4, -0.2) is 41.8 Å². The van der Waals surface area contributed by atoms with Crippen LogP contribution in [0.2, 0.25) is 0 Å². The molecule has 138 valence electrons. The Morgan fingerprint density at radius 1 is 1.15 bits per heavy atom. The van der Waals surface area contributed by atoms with Gasteiger partial charge < -0.3 is 18.9 Å². The van der Waals surface area contributed by atoms with E-state index in [1.54, 1.807) is 37.4 Å². The standard InChI is InChI=1S/C19H18N4O4/c1-25-15-7-6-13(10-16(15)26-2)23-11-12(9-17(23)24)19-21-18(22-27-19)14-5-3-4-8-20-14/h3-8,10,12H,9,11H2,1-2H3/t12-/m0/s1. The Balaban J connectivity index is 1.55. The van der Waals surface area contributed by atoms with Crippen LogP contribution in [0.25, 0.3) is 11.5 Å². The second-order valence-corrected chi connectivity index (χ2v) is 6.12. The number of aromatic nitrogens is 3. The third kappa shape index (κ3) is 3.21. The van der Waals surface area contributed by atoms with Gasteiger partial charge in [0.25, 0.3) is 0 Å². The monoisotopic (exact) mass is 366 g/mol. The number of carbonyl (C=O) groups is 1. The van der Waals surface area contributed by atoms with Crippen LogP contribution in [-0.2, 0) is 4.79 Å². The number of nitrogens with zero attached hydrogens (tertiary/aromatic N) is 4. The fourth-order valence-corrected chi connectivity index (χ4v) is 3.12. The Labute approximate surface area is 155 Å². The van der Waals surface area contributed by atoms with Gasteiger partial charge in [-0.15, -0.1) is 0 Å². The largest absolute Gasteiger partial charge is 0.493 e. The fourth-order valence-electron chi connectivity index (χ4n) is 3.12. The second kappa shape index (κ2) is 7.06. The summed E-state index contributed by atoms with van der Waals surface area (Å²) in [6.45, 7) is 0.457. The van der Waals surface area contributed by atoms with Crippen molar-refractivity contribution in [2.24, 2.45) is 0 Å². The van der Waals surface area contributed by atoms with Crippen molar-refractivity contribution in [3.05, 3.63) is 48.5 Å². The van der Waals surface area contributed by atoms with E-state index in [1.165, 1.54) is 0 Å². The van der Waals surface area contributed by atoms with Crippen LogP contribution in [0, 0.1) is 0 Å². The van der Waals surface area contributed by atoms with E-state index < -0.39 is 0 Å². The van der Waals surface area contributed by atoms with Crippen LogP contribution < -0.4 is 14.4 Å². The maximum Gasteiger partial charge on any atom is 0.232 e. The van der Waals surface area contributed by atoms with Crippen LogP contribution in [0.5, 0.6) is 11.5 Å². The molecule has 1 fully saturated rings. The average Bonchev–Trinajstić information content (AvgIpc) is 3.35. The molecule has 0 unspecified atom stereocenters. The smallest absolute Gasteiger partial charge is 0.232 e. The van der Waals surface area contributed by atoms with Gasteiger partial charge in [0.15, 0.2) is 11.5 Å². The Morgan fingerprint density at radius 2 is 2.00 bits per heavy atom. The first-order valence-electron chi connectivity index (χ1n) is 8.47. The van der Waals surface area contributed by atoms with Gasteiger partial charge in [-0.05, 0) is 24.3 Å². The minimum atomic E-state index is -0.171. The predicted octanol–water partition coefficient (Wildman–Crippen LogP) is 2.67. The molecule has 4 rings (SSSR count). The minimum absolute atomic E-state index is 0.00944. The number of carbonyl (C=O) groups excluding carboxylic acids is 1. The highest BCUT2D eigenvalue weighted by Crippen LogP contribution is 2.36. The number of anilines is 1. The van der Waals surface area contributed by atoms with Crippen molar-refractivity contribution in [2.75, 3.05) is 25.7 Å². The maximum atomic E-state index is 12.5. The topological polar surface area (TPSA) is 90.6 Å². The summed E-state index contributed by atoms with van der Waals surface area (Å²) in [7, 11) is 3.14. The molecular weight excluding hydrogens is 348 g/mol. The molecular formula is C19H18N4O4. The SMILES string of the molecule is COc1ccc(N2C[C@@H](c3nc(-c4ccccn4)no3)CC2=O)cc1OC. The number of pyridine rings is 1. The highest BCUT2D eigenvalue weighted by Gasteiger charge is 2.35. The third-order valence-electron chi connectivity index (χ3n) is 4.49. The van der Waals surface area contributed by atoms with E-state index in [0.29, 0.717) is 41.9 Å². The van der Waals surface area contributed by atoms with Gasteiger partial charge in [-0.3, -0.25) is 9.78 Å². The quantitative estimate of drug-likeness (QED) is 0.685. The van der Waals surface area contributed by atoms with Gasteiger partial charge >= 0.3 is 0 Å². The zero-order valence-electron chi connectivity index (χ0n) is 15.0. The van der Waals surface area contributed by atoms with E-state index in [1.807, 2.05) is 24.3 Å². The van der Waals surface area contributed by atoms with Gasteiger partial charge in [0.05, 0.1) is 20.1 Å². The summed E-state index contributed by atoms with van der Waals surface area (Å²) in [5.74, 6) is 1.86. The zero-order valence-corrected chi connectivity index (χ0v) is 15.0. The van der Waals surface area contributed by atoms with Gasteiger partial charge in [-0.1, -0.05) is 11.2 Å². The molecule has 0 saturated carbocycles. The number of ether oxygens (including phenoxy) is 2. The molecule has 0 radical (unpaired) electrons. The lowest BCUT2D eigenvalue weighted by molar-refractivity contribution is -0.117. The van der Waals surface area contributed by atoms with Crippen LogP contribution >= 0.6 is 0 Å². The molecule has 1 saturated heterocycles. The van der Waals surface area contributed by atoms with E-state index in [4.69, 9.17) is 14.0 Å². The van der Waals surface area contributed by atoms with Gasteiger partial charge in [-0.25, -0.2) is 0 Å². The molecule has 0 aliphatic carbocycles. The molecule has 3 heterocycles. The van der Waals surface area contributed by atoms with E-state index in [-0.39, 0.29) is 11.8 Å². The Hall–Kier alpha value is -3.42.